The molecule has 152 valence electrons. The molecule has 0 radical (unpaired) electrons. The number of pyridine rings is 1. The van der Waals surface area contributed by atoms with Crippen LogP contribution in [0.4, 0.5) is 5.69 Å². The van der Waals surface area contributed by atoms with Crippen molar-refractivity contribution in [3.63, 3.8) is 0 Å². The van der Waals surface area contributed by atoms with Gasteiger partial charge in [-0.25, -0.2) is 13.1 Å². The van der Waals surface area contributed by atoms with Gasteiger partial charge in [0.25, 0.3) is 0 Å². The number of nitrogens with zero attached hydrogens (tertiary/aromatic N) is 4. The van der Waals surface area contributed by atoms with Crippen molar-refractivity contribution < 1.29 is 13.2 Å². The number of hydrogen-bond donors (Lipinski definition) is 1. The van der Waals surface area contributed by atoms with Crippen LogP contribution < -0.4 is 9.62 Å². The predicted octanol–water partition coefficient (Wildman–Crippen LogP) is 1.89. The van der Waals surface area contributed by atoms with Crippen LogP contribution in [0, 0.1) is 0 Å². The molecule has 1 aliphatic heterocycles. The number of rotatable bonds is 5. The van der Waals surface area contributed by atoms with E-state index < -0.39 is 15.4 Å². The van der Waals surface area contributed by atoms with Crippen molar-refractivity contribution in [2.45, 2.75) is 37.0 Å². The van der Waals surface area contributed by atoms with E-state index in [4.69, 9.17) is 0 Å². The molecule has 1 aromatic carbocycles. The maximum atomic E-state index is 12.8. The summed E-state index contributed by atoms with van der Waals surface area (Å²) in [6.07, 6.45) is 2.61. The van der Waals surface area contributed by atoms with Crippen LogP contribution >= 0.6 is 0 Å². The molecule has 3 heterocycles. The van der Waals surface area contributed by atoms with E-state index in [-0.39, 0.29) is 17.3 Å². The first-order chi connectivity index (χ1) is 13.7. The number of amides is 1. The van der Waals surface area contributed by atoms with Gasteiger partial charge in [0.05, 0.1) is 4.90 Å². The number of aromatic nitrogens is 3. The first-order valence-corrected chi connectivity index (χ1v) is 10.9. The maximum Gasteiger partial charge on any atom is 0.240 e. The summed E-state index contributed by atoms with van der Waals surface area (Å²) in [7, 11) is -1.98. The van der Waals surface area contributed by atoms with Gasteiger partial charge in [0.15, 0.2) is 5.65 Å². The Labute approximate surface area is 169 Å². The second kappa shape index (κ2) is 6.93. The summed E-state index contributed by atoms with van der Waals surface area (Å²) in [4.78, 5) is 14.0. The molecule has 1 amide bonds. The largest absolute Gasteiger partial charge is 0.315 e. The zero-order chi connectivity index (χ0) is 20.8. The van der Waals surface area contributed by atoms with Gasteiger partial charge in [0, 0.05) is 43.7 Å². The van der Waals surface area contributed by atoms with Gasteiger partial charge in [-0.3, -0.25) is 9.20 Å². The van der Waals surface area contributed by atoms with Gasteiger partial charge in [-0.1, -0.05) is 19.9 Å². The summed E-state index contributed by atoms with van der Waals surface area (Å²) in [6.45, 7) is 4.12. The molecule has 9 heteroatoms. The fourth-order valence-electron chi connectivity index (χ4n) is 3.69. The summed E-state index contributed by atoms with van der Waals surface area (Å²) < 4.78 is 30.1. The zero-order valence-electron chi connectivity index (χ0n) is 16.6. The molecule has 1 aliphatic rings. The second-order valence-corrected chi connectivity index (χ2v) is 9.65. The Bertz CT molecular complexity index is 1200. The highest BCUT2D eigenvalue weighted by atomic mass is 32.2. The molecule has 0 spiro atoms. The van der Waals surface area contributed by atoms with E-state index in [1.54, 1.807) is 30.1 Å². The number of anilines is 1. The third-order valence-electron chi connectivity index (χ3n) is 5.36. The number of carbonyl (C=O) groups is 1. The molecule has 0 unspecified atom stereocenters. The van der Waals surface area contributed by atoms with Crippen LogP contribution in [0.2, 0.25) is 0 Å². The van der Waals surface area contributed by atoms with Gasteiger partial charge in [-0.05, 0) is 35.9 Å². The lowest BCUT2D eigenvalue weighted by Crippen LogP contribution is -2.39. The van der Waals surface area contributed by atoms with Crippen molar-refractivity contribution in [2.24, 2.45) is 0 Å². The number of benzene rings is 1. The van der Waals surface area contributed by atoms with Crippen LogP contribution in [0.25, 0.3) is 5.65 Å². The van der Waals surface area contributed by atoms with E-state index in [1.807, 2.05) is 42.6 Å². The summed E-state index contributed by atoms with van der Waals surface area (Å²) >= 11 is 0. The molecule has 8 nitrogen and oxygen atoms in total. The molecule has 0 bridgehead atoms. The molecule has 0 fully saturated rings. The number of nitrogens with one attached hydrogen (secondary N) is 1. The highest BCUT2D eigenvalue weighted by Crippen LogP contribution is 2.40. The van der Waals surface area contributed by atoms with Gasteiger partial charge < -0.3 is 4.90 Å². The molecular weight excluding hydrogens is 390 g/mol. The maximum absolute atomic E-state index is 12.8. The summed E-state index contributed by atoms with van der Waals surface area (Å²) in [5.74, 6) is 0.715. The van der Waals surface area contributed by atoms with E-state index in [0.717, 1.165) is 16.9 Å². The fraction of sp³-hybridized carbons (Fsp3) is 0.350. The van der Waals surface area contributed by atoms with Gasteiger partial charge in [-0.15, -0.1) is 10.2 Å². The Morgan fingerprint density at radius 2 is 1.97 bits per heavy atom. The molecule has 0 aliphatic carbocycles. The summed E-state index contributed by atoms with van der Waals surface area (Å²) in [5.41, 5.74) is 1.90. The normalized spacial score (nSPS) is 16.2. The molecule has 4 rings (SSSR count). The monoisotopic (exact) mass is 413 g/mol. The van der Waals surface area contributed by atoms with Crippen molar-refractivity contribution in [1.82, 2.24) is 19.3 Å². The Hall–Kier alpha value is -2.78. The van der Waals surface area contributed by atoms with Gasteiger partial charge in [-0.2, -0.15) is 0 Å². The van der Waals surface area contributed by atoms with Crippen LogP contribution in [0.3, 0.4) is 0 Å². The third kappa shape index (κ3) is 3.51. The average Bonchev–Trinajstić information content (AvgIpc) is 3.09. The van der Waals surface area contributed by atoms with Gasteiger partial charge in [0.2, 0.25) is 15.9 Å². The lowest BCUT2D eigenvalue weighted by Gasteiger charge is -2.37. The van der Waals surface area contributed by atoms with Crippen LogP contribution in [0.1, 0.15) is 31.7 Å². The Balaban J connectivity index is 1.54. The zero-order valence-corrected chi connectivity index (χ0v) is 17.4. The van der Waals surface area contributed by atoms with E-state index in [0.29, 0.717) is 18.7 Å². The van der Waals surface area contributed by atoms with E-state index >= 15 is 0 Å². The van der Waals surface area contributed by atoms with Crippen LogP contribution in [0.5, 0.6) is 0 Å². The molecule has 0 atom stereocenters. The molecular formula is C20H23N5O3S. The van der Waals surface area contributed by atoms with Crippen molar-refractivity contribution in [3.05, 3.63) is 54.0 Å². The Morgan fingerprint density at radius 3 is 2.76 bits per heavy atom. The Morgan fingerprint density at radius 1 is 1.17 bits per heavy atom. The Kier molecular flexibility index (Phi) is 4.66. The van der Waals surface area contributed by atoms with Crippen molar-refractivity contribution in [1.29, 1.82) is 0 Å². The highest BCUT2D eigenvalue weighted by Gasteiger charge is 2.36. The summed E-state index contributed by atoms with van der Waals surface area (Å²) in [5, 5.41) is 8.19. The highest BCUT2D eigenvalue weighted by molar-refractivity contribution is 7.89. The minimum Gasteiger partial charge on any atom is -0.315 e. The molecule has 0 saturated heterocycles. The molecule has 0 saturated carbocycles. The third-order valence-corrected chi connectivity index (χ3v) is 6.82. The quantitative estimate of drug-likeness (QED) is 0.689. The molecule has 29 heavy (non-hydrogen) atoms. The molecule has 1 N–H and O–H groups in total. The van der Waals surface area contributed by atoms with Gasteiger partial charge in [0.1, 0.15) is 5.82 Å². The first-order valence-electron chi connectivity index (χ1n) is 9.38. The topological polar surface area (TPSA) is 96.7 Å². The summed E-state index contributed by atoms with van der Waals surface area (Å²) in [6, 6.07) is 10.5. The smallest absolute Gasteiger partial charge is 0.240 e. The average molecular weight is 414 g/mol. The van der Waals surface area contributed by atoms with E-state index in [2.05, 4.69) is 14.9 Å². The fourth-order valence-corrected chi connectivity index (χ4v) is 4.74. The minimum absolute atomic E-state index is 0.0248. The van der Waals surface area contributed by atoms with E-state index in [1.165, 1.54) is 0 Å². The van der Waals surface area contributed by atoms with Crippen molar-refractivity contribution in [3.8, 4) is 0 Å². The van der Waals surface area contributed by atoms with Crippen LogP contribution in [-0.2, 0) is 26.7 Å². The lowest BCUT2D eigenvalue weighted by molar-refractivity contribution is -0.119. The molecule has 3 aromatic rings. The van der Waals surface area contributed by atoms with Crippen molar-refractivity contribution in [2.75, 3.05) is 18.5 Å². The van der Waals surface area contributed by atoms with Crippen LogP contribution in [0.15, 0.2) is 47.5 Å². The predicted molar refractivity (Wildman–Crippen MR) is 109 cm³/mol. The number of hydrogen-bond acceptors (Lipinski definition) is 5. The second-order valence-electron chi connectivity index (χ2n) is 7.89. The minimum atomic E-state index is -3.69. The van der Waals surface area contributed by atoms with E-state index in [9.17, 15) is 13.2 Å². The number of carbonyl (C=O) groups excluding carboxylic acids is 1. The number of sulfonamides is 1. The van der Waals surface area contributed by atoms with Crippen molar-refractivity contribution >= 4 is 27.3 Å². The lowest BCUT2D eigenvalue weighted by atomic mass is 9.77. The standard InChI is InChI=1S/C20H23N5O3S/c1-20(2)13-19(26)24(3)16-8-7-14(12-15(16)20)29(27,28)21-10-9-18-23-22-17-6-4-5-11-25(17)18/h4-8,11-12,21H,9-10,13H2,1-3H3. The number of fused-ring (bicyclic) bond motifs is 2. The first kappa shape index (κ1) is 19.5. The SMILES string of the molecule is CN1C(=O)CC(C)(C)c2cc(S(=O)(=O)NCCc3nnc4ccccn34)ccc21. The van der Waals surface area contributed by atoms with Crippen LogP contribution in [-0.4, -0.2) is 42.5 Å². The van der Waals surface area contributed by atoms with Gasteiger partial charge >= 0.3 is 0 Å². The molecule has 2 aromatic heterocycles.